The molecule has 0 saturated heterocycles. The van der Waals surface area contributed by atoms with Gasteiger partial charge in [-0.25, -0.2) is 0 Å². The van der Waals surface area contributed by atoms with Crippen LogP contribution in [0.15, 0.2) is 78.0 Å². The van der Waals surface area contributed by atoms with E-state index >= 15 is 0 Å². The van der Waals surface area contributed by atoms with Crippen LogP contribution in [0.3, 0.4) is 0 Å². The van der Waals surface area contributed by atoms with Crippen LogP contribution in [0.5, 0.6) is 11.5 Å². The summed E-state index contributed by atoms with van der Waals surface area (Å²) < 4.78 is 13.6. The number of aromatic nitrogens is 1. The van der Waals surface area contributed by atoms with Gasteiger partial charge in [0.2, 0.25) is 0 Å². The maximum Gasteiger partial charge on any atom is 0.191 e. The van der Waals surface area contributed by atoms with Crippen LogP contribution in [0.1, 0.15) is 11.1 Å². The molecule has 0 unspecified atom stereocenters. The fourth-order valence-corrected chi connectivity index (χ4v) is 2.91. The zero-order valence-corrected chi connectivity index (χ0v) is 17.0. The summed E-state index contributed by atoms with van der Waals surface area (Å²) in [5.74, 6) is 2.21. The van der Waals surface area contributed by atoms with Crippen LogP contribution in [0.4, 0.5) is 0 Å². The van der Waals surface area contributed by atoms with Crippen LogP contribution in [0, 0.1) is 0 Å². The molecular weight excluding hydrogens is 364 g/mol. The van der Waals surface area contributed by atoms with Crippen molar-refractivity contribution in [2.24, 2.45) is 4.99 Å². The van der Waals surface area contributed by atoms with Gasteiger partial charge in [-0.15, -0.1) is 0 Å². The standard InChI is InChI=1S/C23H28N4O2/c1-24-23(25-12-15-27-13-6-7-14-27)26-17-20-10-11-21(22(16-20)28-2)29-18-19-8-4-3-5-9-19/h3-11,13-14,16H,12,15,17-18H2,1-2H3,(H2,24,25,26). The van der Waals surface area contributed by atoms with Crippen LogP contribution >= 0.6 is 0 Å². The van der Waals surface area contributed by atoms with E-state index in [0.29, 0.717) is 13.2 Å². The van der Waals surface area contributed by atoms with Crippen molar-refractivity contribution in [3.05, 3.63) is 84.2 Å². The average Bonchev–Trinajstić information content (AvgIpc) is 3.29. The van der Waals surface area contributed by atoms with Crippen LogP contribution in [0.25, 0.3) is 0 Å². The third-order valence-corrected chi connectivity index (χ3v) is 4.48. The molecule has 1 heterocycles. The summed E-state index contributed by atoms with van der Waals surface area (Å²) in [5, 5.41) is 6.65. The van der Waals surface area contributed by atoms with Crippen LogP contribution in [0.2, 0.25) is 0 Å². The second-order valence-electron chi connectivity index (χ2n) is 6.53. The summed E-state index contributed by atoms with van der Waals surface area (Å²) in [7, 11) is 3.43. The Kier molecular flexibility index (Phi) is 7.57. The molecule has 0 aliphatic carbocycles. The van der Waals surface area contributed by atoms with Crippen LogP contribution in [-0.4, -0.2) is 31.2 Å². The van der Waals surface area contributed by atoms with Crippen molar-refractivity contribution >= 4 is 5.96 Å². The Labute approximate surface area is 172 Å². The van der Waals surface area contributed by atoms with Gasteiger partial charge >= 0.3 is 0 Å². The van der Waals surface area contributed by atoms with Gasteiger partial charge in [0.25, 0.3) is 0 Å². The minimum Gasteiger partial charge on any atom is -0.493 e. The van der Waals surface area contributed by atoms with Gasteiger partial charge in [-0.2, -0.15) is 0 Å². The highest BCUT2D eigenvalue weighted by atomic mass is 16.5. The monoisotopic (exact) mass is 392 g/mol. The molecule has 0 saturated carbocycles. The largest absolute Gasteiger partial charge is 0.493 e. The second kappa shape index (κ2) is 10.8. The van der Waals surface area contributed by atoms with Gasteiger partial charge in [-0.05, 0) is 35.4 Å². The lowest BCUT2D eigenvalue weighted by atomic mass is 10.2. The molecule has 0 amide bonds. The maximum atomic E-state index is 5.92. The lowest BCUT2D eigenvalue weighted by Gasteiger charge is -2.15. The highest BCUT2D eigenvalue weighted by Crippen LogP contribution is 2.28. The number of hydrogen-bond donors (Lipinski definition) is 2. The van der Waals surface area contributed by atoms with E-state index in [1.54, 1.807) is 14.2 Å². The maximum absolute atomic E-state index is 5.92. The fourth-order valence-electron chi connectivity index (χ4n) is 2.91. The van der Waals surface area contributed by atoms with Crippen LogP contribution in [-0.2, 0) is 19.7 Å². The first-order chi connectivity index (χ1) is 14.3. The molecule has 29 heavy (non-hydrogen) atoms. The molecule has 0 spiro atoms. The number of nitrogens with zero attached hydrogens (tertiary/aromatic N) is 2. The number of guanidine groups is 1. The van der Waals surface area contributed by atoms with Crippen molar-refractivity contribution in [3.63, 3.8) is 0 Å². The molecule has 3 rings (SSSR count). The van der Waals surface area contributed by atoms with E-state index < -0.39 is 0 Å². The Balaban J connectivity index is 1.50. The van der Waals surface area contributed by atoms with Gasteiger partial charge in [0, 0.05) is 39.1 Å². The van der Waals surface area contributed by atoms with E-state index in [0.717, 1.165) is 41.7 Å². The van der Waals surface area contributed by atoms with Crippen molar-refractivity contribution in [2.45, 2.75) is 19.7 Å². The molecule has 0 atom stereocenters. The summed E-state index contributed by atoms with van der Waals surface area (Å²) in [4.78, 5) is 4.27. The van der Waals surface area contributed by atoms with E-state index in [-0.39, 0.29) is 0 Å². The number of benzene rings is 2. The topological polar surface area (TPSA) is 59.8 Å². The van der Waals surface area contributed by atoms with Crippen molar-refractivity contribution in [3.8, 4) is 11.5 Å². The lowest BCUT2D eigenvalue weighted by molar-refractivity contribution is 0.284. The Hall–Kier alpha value is -3.41. The number of methoxy groups -OCH3 is 1. The smallest absolute Gasteiger partial charge is 0.191 e. The molecular formula is C23H28N4O2. The number of nitrogens with one attached hydrogen (secondary N) is 2. The van der Waals surface area contributed by atoms with Gasteiger partial charge in [-0.1, -0.05) is 36.4 Å². The first kappa shape index (κ1) is 20.3. The van der Waals surface area contributed by atoms with Crippen molar-refractivity contribution in [1.82, 2.24) is 15.2 Å². The Morgan fingerprint density at radius 3 is 2.45 bits per heavy atom. The lowest BCUT2D eigenvalue weighted by Crippen LogP contribution is -2.38. The van der Waals surface area contributed by atoms with Crippen molar-refractivity contribution in [2.75, 3.05) is 20.7 Å². The summed E-state index contributed by atoms with van der Waals surface area (Å²) in [6, 6.07) is 20.1. The number of ether oxygens (including phenoxy) is 2. The summed E-state index contributed by atoms with van der Waals surface area (Å²) >= 11 is 0. The average molecular weight is 393 g/mol. The zero-order valence-electron chi connectivity index (χ0n) is 17.0. The SMILES string of the molecule is CN=C(NCCn1cccc1)NCc1ccc(OCc2ccccc2)c(OC)c1. The summed E-state index contributed by atoms with van der Waals surface area (Å²) in [6.45, 7) is 2.82. The fraction of sp³-hybridized carbons (Fsp3) is 0.261. The number of hydrogen-bond acceptors (Lipinski definition) is 3. The van der Waals surface area contributed by atoms with Gasteiger partial charge < -0.3 is 24.7 Å². The Morgan fingerprint density at radius 1 is 0.931 bits per heavy atom. The molecule has 152 valence electrons. The van der Waals surface area contributed by atoms with Gasteiger partial charge in [0.1, 0.15) is 6.61 Å². The third kappa shape index (κ3) is 6.31. The third-order valence-electron chi connectivity index (χ3n) is 4.48. The Bertz CT molecular complexity index is 893. The van der Waals surface area contributed by atoms with E-state index in [2.05, 4.69) is 20.2 Å². The second-order valence-corrected chi connectivity index (χ2v) is 6.53. The van der Waals surface area contributed by atoms with Gasteiger partial charge in [-0.3, -0.25) is 4.99 Å². The highest BCUT2D eigenvalue weighted by Gasteiger charge is 2.07. The number of rotatable bonds is 9. The van der Waals surface area contributed by atoms with E-state index in [9.17, 15) is 0 Å². The van der Waals surface area contributed by atoms with E-state index in [1.807, 2.05) is 73.1 Å². The quantitative estimate of drug-likeness (QED) is 0.433. The van der Waals surface area contributed by atoms with Crippen molar-refractivity contribution < 1.29 is 9.47 Å². The predicted molar refractivity (Wildman–Crippen MR) is 116 cm³/mol. The molecule has 1 aromatic heterocycles. The molecule has 0 aliphatic rings. The van der Waals surface area contributed by atoms with E-state index in [4.69, 9.17) is 9.47 Å². The minimum absolute atomic E-state index is 0.507. The molecule has 6 nitrogen and oxygen atoms in total. The van der Waals surface area contributed by atoms with E-state index in [1.165, 1.54) is 0 Å². The van der Waals surface area contributed by atoms with Gasteiger partial charge in [0.05, 0.1) is 7.11 Å². The molecule has 0 aliphatic heterocycles. The first-order valence-corrected chi connectivity index (χ1v) is 9.67. The number of aliphatic imine (C=N–C) groups is 1. The molecule has 0 bridgehead atoms. The molecule has 0 fully saturated rings. The first-order valence-electron chi connectivity index (χ1n) is 9.67. The van der Waals surface area contributed by atoms with Crippen molar-refractivity contribution in [1.29, 1.82) is 0 Å². The molecule has 6 heteroatoms. The predicted octanol–water partition coefficient (Wildman–Crippen LogP) is 3.44. The Morgan fingerprint density at radius 2 is 1.72 bits per heavy atom. The minimum atomic E-state index is 0.507. The highest BCUT2D eigenvalue weighted by molar-refractivity contribution is 5.79. The molecule has 3 aromatic rings. The van der Waals surface area contributed by atoms with Gasteiger partial charge in [0.15, 0.2) is 17.5 Å². The zero-order chi connectivity index (χ0) is 20.3. The molecule has 0 radical (unpaired) electrons. The molecule has 2 aromatic carbocycles. The normalized spacial score (nSPS) is 11.2. The van der Waals surface area contributed by atoms with Crippen LogP contribution < -0.4 is 20.1 Å². The molecule has 2 N–H and O–H groups in total. The summed E-state index contributed by atoms with van der Waals surface area (Å²) in [6.07, 6.45) is 4.09. The summed E-state index contributed by atoms with van der Waals surface area (Å²) in [5.41, 5.74) is 2.21.